The second kappa shape index (κ2) is 5.99. The number of aliphatic hydroxyl groups excluding tert-OH is 1. The van der Waals surface area contributed by atoms with Gasteiger partial charge in [0.15, 0.2) is 0 Å². The highest BCUT2D eigenvalue weighted by Gasteiger charge is 2.32. The van der Waals surface area contributed by atoms with Crippen molar-refractivity contribution in [3.8, 4) is 0 Å². The summed E-state index contributed by atoms with van der Waals surface area (Å²) in [6.07, 6.45) is 5.99. The average Bonchev–Trinajstić information content (AvgIpc) is 2.74. The summed E-state index contributed by atoms with van der Waals surface area (Å²) in [7, 11) is 0. The first-order chi connectivity index (χ1) is 7.81. The van der Waals surface area contributed by atoms with E-state index < -0.39 is 0 Å². The minimum atomic E-state index is -0.0506. The number of aliphatic hydroxyl groups is 1. The van der Waals surface area contributed by atoms with Gasteiger partial charge in [-0.1, -0.05) is 6.92 Å². The molecule has 0 spiro atoms. The van der Waals surface area contributed by atoms with Crippen molar-refractivity contribution in [3.05, 3.63) is 0 Å². The molecule has 3 nitrogen and oxygen atoms in total. The van der Waals surface area contributed by atoms with Crippen LogP contribution in [0.3, 0.4) is 0 Å². The molecule has 2 aliphatic rings. The second-order valence-electron chi connectivity index (χ2n) is 5.35. The van der Waals surface area contributed by atoms with Crippen LogP contribution in [-0.2, 0) is 0 Å². The molecule has 1 saturated carbocycles. The van der Waals surface area contributed by atoms with Gasteiger partial charge in [0.2, 0.25) is 0 Å². The molecule has 16 heavy (non-hydrogen) atoms. The quantitative estimate of drug-likeness (QED) is 0.756. The van der Waals surface area contributed by atoms with Gasteiger partial charge in [0.1, 0.15) is 0 Å². The molecule has 2 rings (SSSR count). The number of rotatable bonds is 4. The normalized spacial score (nSPS) is 33.4. The number of hydrogen-bond donors (Lipinski definition) is 2. The van der Waals surface area contributed by atoms with E-state index in [9.17, 15) is 5.11 Å². The Bertz CT molecular complexity index is 202. The lowest BCUT2D eigenvalue weighted by atomic mass is 9.95. The van der Waals surface area contributed by atoms with Gasteiger partial charge >= 0.3 is 0 Å². The van der Waals surface area contributed by atoms with Crippen molar-refractivity contribution in [1.82, 2.24) is 10.2 Å². The number of nitrogens with zero attached hydrogens (tertiary/aromatic N) is 1. The van der Waals surface area contributed by atoms with Gasteiger partial charge in [-0.3, -0.25) is 4.90 Å². The van der Waals surface area contributed by atoms with E-state index in [1.54, 1.807) is 0 Å². The van der Waals surface area contributed by atoms with E-state index in [1.807, 2.05) is 0 Å². The molecule has 1 saturated heterocycles. The van der Waals surface area contributed by atoms with E-state index in [-0.39, 0.29) is 6.10 Å². The Kier molecular flexibility index (Phi) is 4.62. The van der Waals surface area contributed by atoms with Crippen LogP contribution in [0.15, 0.2) is 0 Å². The van der Waals surface area contributed by atoms with Crippen molar-refractivity contribution in [2.24, 2.45) is 5.92 Å². The van der Waals surface area contributed by atoms with Crippen LogP contribution < -0.4 is 5.32 Å². The van der Waals surface area contributed by atoms with Crippen molar-refractivity contribution in [2.45, 2.75) is 51.2 Å². The van der Waals surface area contributed by atoms with Crippen LogP contribution in [0.4, 0.5) is 0 Å². The summed E-state index contributed by atoms with van der Waals surface area (Å²) in [5.74, 6) is 0.856. The summed E-state index contributed by atoms with van der Waals surface area (Å²) in [6, 6.07) is 0.472. The van der Waals surface area contributed by atoms with Crippen LogP contribution in [0.2, 0.25) is 0 Å². The molecular formula is C13H26N2O. The molecule has 2 fully saturated rings. The number of hydrogen-bond acceptors (Lipinski definition) is 3. The van der Waals surface area contributed by atoms with E-state index in [4.69, 9.17) is 0 Å². The molecular weight excluding hydrogens is 200 g/mol. The number of likely N-dealkylation sites (tertiary alicyclic amines) is 1. The summed E-state index contributed by atoms with van der Waals surface area (Å²) >= 11 is 0. The lowest BCUT2D eigenvalue weighted by Gasteiger charge is -2.37. The van der Waals surface area contributed by atoms with E-state index in [1.165, 1.54) is 45.3 Å². The smallest absolute Gasteiger partial charge is 0.0695 e. The molecule has 2 atom stereocenters. The topological polar surface area (TPSA) is 35.5 Å². The summed E-state index contributed by atoms with van der Waals surface area (Å²) < 4.78 is 0. The van der Waals surface area contributed by atoms with Crippen LogP contribution in [0.1, 0.15) is 39.0 Å². The average molecular weight is 226 g/mol. The summed E-state index contributed by atoms with van der Waals surface area (Å²) in [5, 5.41) is 13.3. The Balaban J connectivity index is 1.72. The molecule has 1 heterocycles. The van der Waals surface area contributed by atoms with Crippen LogP contribution in [0, 0.1) is 5.92 Å². The molecule has 94 valence electrons. The summed E-state index contributed by atoms with van der Waals surface area (Å²) in [4.78, 5) is 2.53. The van der Waals surface area contributed by atoms with E-state index in [0.717, 1.165) is 18.9 Å². The van der Waals surface area contributed by atoms with Crippen molar-refractivity contribution in [3.63, 3.8) is 0 Å². The first-order valence-electron chi connectivity index (χ1n) is 6.94. The van der Waals surface area contributed by atoms with Gasteiger partial charge in [-0.25, -0.2) is 0 Å². The Hall–Kier alpha value is -0.120. The molecule has 1 aliphatic carbocycles. The highest BCUT2D eigenvalue weighted by atomic mass is 16.3. The zero-order valence-electron chi connectivity index (χ0n) is 10.5. The van der Waals surface area contributed by atoms with Gasteiger partial charge in [-0.2, -0.15) is 0 Å². The van der Waals surface area contributed by atoms with E-state index >= 15 is 0 Å². The highest BCUT2D eigenvalue weighted by molar-refractivity contribution is 4.87. The fourth-order valence-electron chi connectivity index (χ4n) is 3.18. The SMILES string of the molecule is CCNCC1CCN(C2CCCC2O)CC1. The van der Waals surface area contributed by atoms with Gasteiger partial charge in [0.05, 0.1) is 6.10 Å². The number of nitrogens with one attached hydrogen (secondary N) is 1. The van der Waals surface area contributed by atoms with Crippen molar-refractivity contribution < 1.29 is 5.11 Å². The van der Waals surface area contributed by atoms with Gasteiger partial charge in [-0.05, 0) is 64.2 Å². The Morgan fingerprint density at radius 3 is 2.50 bits per heavy atom. The third-order valence-corrected chi connectivity index (χ3v) is 4.25. The first-order valence-corrected chi connectivity index (χ1v) is 6.94. The molecule has 0 bridgehead atoms. The Labute approximate surface area is 99.2 Å². The fraction of sp³-hybridized carbons (Fsp3) is 1.00. The van der Waals surface area contributed by atoms with Crippen molar-refractivity contribution >= 4 is 0 Å². The monoisotopic (exact) mass is 226 g/mol. The summed E-state index contributed by atoms with van der Waals surface area (Å²) in [6.45, 7) is 6.82. The molecule has 2 unspecified atom stereocenters. The molecule has 0 aromatic heterocycles. The van der Waals surface area contributed by atoms with Gasteiger partial charge in [-0.15, -0.1) is 0 Å². The molecule has 0 aromatic carbocycles. The second-order valence-corrected chi connectivity index (χ2v) is 5.35. The standard InChI is InChI=1S/C13H26N2O/c1-2-14-10-11-6-8-15(9-7-11)12-4-3-5-13(12)16/h11-14,16H,2-10H2,1H3. The number of piperidine rings is 1. The van der Waals surface area contributed by atoms with Crippen molar-refractivity contribution in [1.29, 1.82) is 0 Å². The van der Waals surface area contributed by atoms with Crippen LogP contribution in [-0.4, -0.2) is 48.3 Å². The maximum Gasteiger partial charge on any atom is 0.0695 e. The lowest BCUT2D eigenvalue weighted by Crippen LogP contribution is -2.46. The lowest BCUT2D eigenvalue weighted by molar-refractivity contribution is 0.0483. The van der Waals surface area contributed by atoms with Crippen LogP contribution in [0.25, 0.3) is 0 Å². The predicted molar refractivity (Wildman–Crippen MR) is 66.5 cm³/mol. The van der Waals surface area contributed by atoms with Crippen LogP contribution >= 0.6 is 0 Å². The van der Waals surface area contributed by atoms with Crippen LogP contribution in [0.5, 0.6) is 0 Å². The molecule has 3 heteroatoms. The highest BCUT2D eigenvalue weighted by Crippen LogP contribution is 2.28. The summed E-state index contributed by atoms with van der Waals surface area (Å²) in [5.41, 5.74) is 0. The Morgan fingerprint density at radius 1 is 1.19 bits per heavy atom. The Morgan fingerprint density at radius 2 is 1.94 bits per heavy atom. The minimum absolute atomic E-state index is 0.0506. The fourth-order valence-corrected chi connectivity index (χ4v) is 3.18. The molecule has 0 aromatic rings. The third kappa shape index (κ3) is 2.96. The molecule has 2 N–H and O–H groups in total. The maximum absolute atomic E-state index is 9.89. The van der Waals surface area contributed by atoms with Gasteiger partial charge in [0.25, 0.3) is 0 Å². The maximum atomic E-state index is 9.89. The van der Waals surface area contributed by atoms with Gasteiger partial charge < -0.3 is 10.4 Å². The molecule has 0 amide bonds. The van der Waals surface area contributed by atoms with E-state index in [0.29, 0.717) is 6.04 Å². The third-order valence-electron chi connectivity index (χ3n) is 4.25. The predicted octanol–water partition coefficient (Wildman–Crippen LogP) is 1.22. The van der Waals surface area contributed by atoms with E-state index in [2.05, 4.69) is 17.1 Å². The largest absolute Gasteiger partial charge is 0.391 e. The zero-order chi connectivity index (χ0) is 11.4. The first kappa shape index (κ1) is 12.3. The van der Waals surface area contributed by atoms with Crippen molar-refractivity contribution in [2.75, 3.05) is 26.2 Å². The molecule has 0 radical (unpaired) electrons. The minimum Gasteiger partial charge on any atom is -0.391 e. The zero-order valence-corrected chi connectivity index (χ0v) is 10.5. The van der Waals surface area contributed by atoms with Gasteiger partial charge in [0, 0.05) is 6.04 Å². The molecule has 1 aliphatic heterocycles.